The molecule has 0 aliphatic carbocycles. The molecule has 0 bridgehead atoms. The zero-order valence-electron chi connectivity index (χ0n) is 7.73. The molecular formula is C9H10BNO3. The Morgan fingerprint density at radius 3 is 2.86 bits per heavy atom. The van der Waals surface area contributed by atoms with E-state index in [1.54, 1.807) is 0 Å². The fourth-order valence-corrected chi connectivity index (χ4v) is 1.37. The summed E-state index contributed by atoms with van der Waals surface area (Å²) in [5.41, 5.74) is 1.54. The molecule has 1 aromatic carbocycles. The van der Waals surface area contributed by atoms with Crippen LogP contribution in [0.2, 0.25) is 0 Å². The largest absolute Gasteiger partial charge is 0.539 e. The standard InChI is InChI=1S/C9H10BNO3/c1-13-14-10(12)9-6-7-4-2-3-5-8(7)11-9/h2-6,11-12H,1H3. The summed E-state index contributed by atoms with van der Waals surface area (Å²) in [6, 6.07) is 9.56. The first-order valence-electron chi connectivity index (χ1n) is 4.26. The van der Waals surface area contributed by atoms with Crippen LogP contribution in [0.25, 0.3) is 10.9 Å². The fraction of sp³-hybridized carbons (Fsp3) is 0.111. The fourth-order valence-electron chi connectivity index (χ4n) is 1.37. The summed E-state index contributed by atoms with van der Waals surface area (Å²) in [6.45, 7) is 0. The van der Waals surface area contributed by atoms with Gasteiger partial charge in [-0.15, -0.1) is 0 Å². The molecule has 1 aromatic heterocycles. The Labute approximate surface area is 81.5 Å². The second-order valence-corrected chi connectivity index (χ2v) is 2.93. The van der Waals surface area contributed by atoms with E-state index in [0.29, 0.717) is 5.59 Å². The van der Waals surface area contributed by atoms with Gasteiger partial charge in [-0.05, 0) is 17.5 Å². The van der Waals surface area contributed by atoms with E-state index in [1.165, 1.54) is 7.11 Å². The van der Waals surface area contributed by atoms with Gasteiger partial charge in [0.25, 0.3) is 0 Å². The van der Waals surface area contributed by atoms with Crippen molar-refractivity contribution in [2.45, 2.75) is 0 Å². The highest BCUT2D eigenvalue weighted by molar-refractivity contribution is 6.59. The zero-order valence-corrected chi connectivity index (χ0v) is 7.73. The van der Waals surface area contributed by atoms with E-state index in [9.17, 15) is 5.02 Å². The molecule has 0 saturated heterocycles. The highest BCUT2D eigenvalue weighted by Gasteiger charge is 2.19. The molecule has 0 spiro atoms. The van der Waals surface area contributed by atoms with Crippen LogP contribution in [0.3, 0.4) is 0 Å². The van der Waals surface area contributed by atoms with E-state index in [4.69, 9.17) is 0 Å². The summed E-state index contributed by atoms with van der Waals surface area (Å²) >= 11 is 0. The zero-order chi connectivity index (χ0) is 9.97. The molecule has 0 atom stereocenters. The number of fused-ring (bicyclic) bond motifs is 1. The second kappa shape index (κ2) is 3.83. The van der Waals surface area contributed by atoms with Gasteiger partial charge in [-0.1, -0.05) is 18.2 Å². The number of H-pyrrole nitrogens is 1. The van der Waals surface area contributed by atoms with Crippen LogP contribution >= 0.6 is 0 Å². The van der Waals surface area contributed by atoms with E-state index < -0.39 is 7.12 Å². The van der Waals surface area contributed by atoms with Crippen molar-refractivity contribution in [1.29, 1.82) is 0 Å². The van der Waals surface area contributed by atoms with Crippen molar-refractivity contribution < 1.29 is 14.7 Å². The molecule has 4 nitrogen and oxygen atoms in total. The lowest BCUT2D eigenvalue weighted by Gasteiger charge is -2.00. The van der Waals surface area contributed by atoms with Crippen molar-refractivity contribution in [3.63, 3.8) is 0 Å². The number of benzene rings is 1. The Bertz CT molecular complexity index is 396. The first-order valence-corrected chi connectivity index (χ1v) is 4.26. The minimum atomic E-state index is -1.08. The van der Waals surface area contributed by atoms with Gasteiger partial charge in [0.05, 0.1) is 7.11 Å². The third-order valence-corrected chi connectivity index (χ3v) is 2.00. The maximum atomic E-state index is 9.44. The average Bonchev–Trinajstić information content (AvgIpc) is 2.61. The molecule has 0 amide bonds. The first kappa shape index (κ1) is 9.27. The highest BCUT2D eigenvalue weighted by atomic mass is 17.2. The summed E-state index contributed by atoms with van der Waals surface area (Å²) in [5.74, 6) is 0. The van der Waals surface area contributed by atoms with Crippen molar-refractivity contribution in [3.05, 3.63) is 30.3 Å². The Morgan fingerprint density at radius 2 is 2.14 bits per heavy atom. The van der Waals surface area contributed by atoms with Crippen LogP contribution in [0.1, 0.15) is 0 Å². The van der Waals surface area contributed by atoms with Crippen molar-refractivity contribution in [2.75, 3.05) is 7.11 Å². The topological polar surface area (TPSA) is 54.5 Å². The number of hydrogen-bond donors (Lipinski definition) is 2. The molecule has 0 saturated carbocycles. The van der Waals surface area contributed by atoms with Crippen molar-refractivity contribution >= 4 is 23.6 Å². The van der Waals surface area contributed by atoms with Crippen LogP contribution in [-0.2, 0) is 9.69 Å². The van der Waals surface area contributed by atoms with Gasteiger partial charge in [0.15, 0.2) is 0 Å². The number of aromatic amines is 1. The maximum absolute atomic E-state index is 9.44. The van der Waals surface area contributed by atoms with Gasteiger partial charge in [0.1, 0.15) is 0 Å². The summed E-state index contributed by atoms with van der Waals surface area (Å²) < 4.78 is 0. The molecule has 1 heterocycles. The van der Waals surface area contributed by atoms with E-state index >= 15 is 0 Å². The summed E-state index contributed by atoms with van der Waals surface area (Å²) in [7, 11) is 0.277. The number of hydrogen-bond acceptors (Lipinski definition) is 3. The Morgan fingerprint density at radius 1 is 1.36 bits per heavy atom. The van der Waals surface area contributed by atoms with Crippen LogP contribution in [0.4, 0.5) is 0 Å². The van der Waals surface area contributed by atoms with Gasteiger partial charge in [0, 0.05) is 11.1 Å². The third kappa shape index (κ3) is 1.65. The molecule has 2 N–H and O–H groups in total. The van der Waals surface area contributed by atoms with Gasteiger partial charge in [-0.25, -0.2) is 0 Å². The number of para-hydroxylation sites is 1. The lowest BCUT2D eigenvalue weighted by molar-refractivity contribution is -0.193. The Hall–Kier alpha value is -1.30. The van der Waals surface area contributed by atoms with Crippen LogP contribution in [0.15, 0.2) is 30.3 Å². The van der Waals surface area contributed by atoms with E-state index in [-0.39, 0.29) is 0 Å². The van der Waals surface area contributed by atoms with Crippen molar-refractivity contribution in [2.24, 2.45) is 0 Å². The van der Waals surface area contributed by atoms with E-state index in [1.807, 2.05) is 30.3 Å². The summed E-state index contributed by atoms with van der Waals surface area (Å²) in [4.78, 5) is 12.0. The second-order valence-electron chi connectivity index (χ2n) is 2.93. The predicted octanol–water partition coefficient (Wildman–Crippen LogP) is 0.433. The summed E-state index contributed by atoms with van der Waals surface area (Å²) in [5, 5.41) is 10.5. The molecule has 2 rings (SSSR count). The lowest BCUT2D eigenvalue weighted by atomic mass is 9.86. The smallest absolute Gasteiger partial charge is 0.421 e. The molecule has 72 valence electrons. The maximum Gasteiger partial charge on any atom is 0.539 e. The average molecular weight is 191 g/mol. The Kier molecular flexibility index (Phi) is 2.54. The van der Waals surface area contributed by atoms with Crippen LogP contribution in [0.5, 0.6) is 0 Å². The molecule has 5 heteroatoms. The van der Waals surface area contributed by atoms with Crippen molar-refractivity contribution in [3.8, 4) is 0 Å². The number of rotatable bonds is 3. The molecule has 0 aliphatic heterocycles. The summed E-state index contributed by atoms with van der Waals surface area (Å²) in [6.07, 6.45) is 0. The normalized spacial score (nSPS) is 10.7. The van der Waals surface area contributed by atoms with Gasteiger partial charge in [-0.2, -0.15) is 0 Å². The molecule has 2 aromatic rings. The van der Waals surface area contributed by atoms with E-state index in [2.05, 4.69) is 14.7 Å². The van der Waals surface area contributed by atoms with Gasteiger partial charge in [-0.3, -0.25) is 9.69 Å². The predicted molar refractivity (Wildman–Crippen MR) is 54.0 cm³/mol. The third-order valence-electron chi connectivity index (χ3n) is 2.00. The molecule has 0 fully saturated rings. The van der Waals surface area contributed by atoms with Crippen LogP contribution in [-0.4, -0.2) is 24.2 Å². The molecular weight excluding hydrogens is 181 g/mol. The van der Waals surface area contributed by atoms with Gasteiger partial charge in [0.2, 0.25) is 0 Å². The van der Waals surface area contributed by atoms with Crippen LogP contribution in [0, 0.1) is 0 Å². The van der Waals surface area contributed by atoms with Gasteiger partial charge >= 0.3 is 7.12 Å². The van der Waals surface area contributed by atoms with Crippen molar-refractivity contribution in [1.82, 2.24) is 4.98 Å². The monoisotopic (exact) mass is 191 g/mol. The van der Waals surface area contributed by atoms with Crippen LogP contribution < -0.4 is 5.59 Å². The first-order chi connectivity index (χ1) is 6.81. The van der Waals surface area contributed by atoms with E-state index in [0.717, 1.165) is 10.9 Å². The number of aromatic nitrogens is 1. The lowest BCUT2D eigenvalue weighted by Crippen LogP contribution is -2.34. The molecule has 0 aliphatic rings. The Balaban J connectivity index is 2.35. The molecule has 0 unspecified atom stereocenters. The minimum Gasteiger partial charge on any atom is -0.421 e. The molecule has 14 heavy (non-hydrogen) atoms. The quantitative estimate of drug-likeness (QED) is 0.420. The van der Waals surface area contributed by atoms with Gasteiger partial charge < -0.3 is 10.0 Å². The highest BCUT2D eigenvalue weighted by Crippen LogP contribution is 2.09. The SMILES string of the molecule is COOB(O)c1cc2ccccc2[nH]1. The minimum absolute atomic E-state index is 0.577. The number of nitrogens with one attached hydrogen (secondary N) is 1. The molecule has 0 radical (unpaired) electrons.